The Hall–Kier alpha value is -1.13. The summed E-state index contributed by atoms with van der Waals surface area (Å²) in [6.45, 7) is 2.14. The number of hydrogen-bond donors (Lipinski definition) is 2. The first-order chi connectivity index (χ1) is 7.51. The number of sulfonamides is 1. The second-order valence-electron chi connectivity index (χ2n) is 3.27. The summed E-state index contributed by atoms with van der Waals surface area (Å²) in [7, 11) is -3.51. The van der Waals surface area contributed by atoms with Crippen LogP contribution in [0.3, 0.4) is 0 Å². The molecule has 0 spiro atoms. The first-order valence-corrected chi connectivity index (χ1v) is 6.20. The molecule has 0 aromatic heterocycles. The molecule has 0 saturated carbocycles. The summed E-state index contributed by atoms with van der Waals surface area (Å²) < 4.78 is 25.7. The zero-order valence-corrected chi connectivity index (χ0v) is 10.9. The van der Waals surface area contributed by atoms with Gasteiger partial charge in [-0.15, -0.1) is 12.4 Å². The van der Waals surface area contributed by atoms with E-state index in [9.17, 15) is 8.42 Å². The minimum atomic E-state index is -3.51. The molecule has 3 N–H and O–H groups in total. The highest BCUT2D eigenvalue weighted by Crippen LogP contribution is 2.14. The predicted octanol–water partition coefficient (Wildman–Crippen LogP) is 0.526. The van der Waals surface area contributed by atoms with Gasteiger partial charge in [0, 0.05) is 13.1 Å². The lowest BCUT2D eigenvalue weighted by Gasteiger charge is -2.06. The van der Waals surface area contributed by atoms with Crippen molar-refractivity contribution in [3.8, 4) is 6.07 Å². The molecule has 7 heteroatoms. The summed E-state index contributed by atoms with van der Waals surface area (Å²) in [5.74, 6) is 0. The molecule has 0 atom stereocenters. The van der Waals surface area contributed by atoms with Crippen LogP contribution in [-0.2, 0) is 10.0 Å². The first-order valence-electron chi connectivity index (χ1n) is 4.72. The number of nitrogens with one attached hydrogen (secondary N) is 1. The van der Waals surface area contributed by atoms with Gasteiger partial charge in [0.2, 0.25) is 10.0 Å². The molecule has 94 valence electrons. The fourth-order valence-corrected chi connectivity index (χ4v) is 2.34. The summed E-state index contributed by atoms with van der Waals surface area (Å²) in [4.78, 5) is 0.150. The van der Waals surface area contributed by atoms with Crippen LogP contribution in [0.2, 0.25) is 0 Å². The van der Waals surface area contributed by atoms with Crippen LogP contribution >= 0.6 is 12.4 Å². The van der Waals surface area contributed by atoms with E-state index >= 15 is 0 Å². The predicted molar refractivity (Wildman–Crippen MR) is 67.4 cm³/mol. The molecule has 1 aromatic rings. The second kappa shape index (κ2) is 6.57. The molecular weight excluding hydrogens is 262 g/mol. The third kappa shape index (κ3) is 3.98. The van der Waals surface area contributed by atoms with Gasteiger partial charge in [-0.05, 0) is 30.7 Å². The van der Waals surface area contributed by atoms with E-state index in [2.05, 4.69) is 4.72 Å². The summed E-state index contributed by atoms with van der Waals surface area (Å²) in [6.07, 6.45) is 0. The van der Waals surface area contributed by atoms with Crippen molar-refractivity contribution in [1.29, 1.82) is 5.26 Å². The Morgan fingerprint density at radius 1 is 1.47 bits per heavy atom. The lowest BCUT2D eigenvalue weighted by molar-refractivity contribution is 0.582. The summed E-state index contributed by atoms with van der Waals surface area (Å²) in [6, 6.07) is 6.35. The highest BCUT2D eigenvalue weighted by molar-refractivity contribution is 7.89. The van der Waals surface area contributed by atoms with E-state index in [-0.39, 0.29) is 30.4 Å². The Kier molecular flexibility index (Phi) is 6.13. The van der Waals surface area contributed by atoms with Crippen LogP contribution in [-0.4, -0.2) is 21.5 Å². The molecule has 0 heterocycles. The molecule has 17 heavy (non-hydrogen) atoms. The topological polar surface area (TPSA) is 96.0 Å². The molecule has 0 aliphatic heterocycles. The van der Waals surface area contributed by atoms with E-state index in [1.165, 1.54) is 18.2 Å². The summed E-state index contributed by atoms with van der Waals surface area (Å²) in [5.41, 5.74) is 6.33. The molecule has 0 aliphatic rings. The highest BCUT2D eigenvalue weighted by atomic mass is 35.5. The quantitative estimate of drug-likeness (QED) is 0.837. The lowest BCUT2D eigenvalue weighted by Crippen LogP contribution is -2.29. The average Bonchev–Trinajstić information content (AvgIpc) is 2.26. The van der Waals surface area contributed by atoms with Crippen LogP contribution in [0.25, 0.3) is 0 Å². The van der Waals surface area contributed by atoms with Gasteiger partial charge in [0.05, 0.1) is 16.5 Å². The Balaban J connectivity index is 0.00000256. The molecule has 1 aromatic carbocycles. The van der Waals surface area contributed by atoms with Crippen LogP contribution in [0.5, 0.6) is 0 Å². The third-order valence-electron chi connectivity index (χ3n) is 2.07. The molecule has 0 unspecified atom stereocenters. The third-order valence-corrected chi connectivity index (χ3v) is 3.52. The minimum absolute atomic E-state index is 0. The van der Waals surface area contributed by atoms with Crippen LogP contribution in [0.4, 0.5) is 0 Å². The summed E-state index contributed by atoms with van der Waals surface area (Å²) in [5, 5.41) is 8.72. The van der Waals surface area contributed by atoms with E-state index in [0.29, 0.717) is 11.1 Å². The second-order valence-corrected chi connectivity index (χ2v) is 5.04. The van der Waals surface area contributed by atoms with E-state index in [1.54, 1.807) is 6.92 Å². The number of aryl methyl sites for hydroxylation is 1. The van der Waals surface area contributed by atoms with Crippen molar-refractivity contribution in [3.05, 3.63) is 29.3 Å². The van der Waals surface area contributed by atoms with Gasteiger partial charge in [0.15, 0.2) is 0 Å². The zero-order chi connectivity index (χ0) is 12.2. The molecular formula is C10H14ClN3O2S. The van der Waals surface area contributed by atoms with Crippen molar-refractivity contribution in [3.63, 3.8) is 0 Å². The van der Waals surface area contributed by atoms with Crippen molar-refractivity contribution in [1.82, 2.24) is 4.72 Å². The molecule has 1 rings (SSSR count). The van der Waals surface area contributed by atoms with Crippen LogP contribution in [0, 0.1) is 18.3 Å². The van der Waals surface area contributed by atoms with E-state index in [4.69, 9.17) is 11.0 Å². The van der Waals surface area contributed by atoms with Crippen molar-refractivity contribution in [2.24, 2.45) is 5.73 Å². The molecule has 0 bridgehead atoms. The normalized spacial score (nSPS) is 10.4. The lowest BCUT2D eigenvalue weighted by atomic mass is 10.1. The summed E-state index contributed by atoms with van der Waals surface area (Å²) >= 11 is 0. The molecule has 0 aliphatic carbocycles. The maximum atomic E-state index is 11.7. The van der Waals surface area contributed by atoms with Gasteiger partial charge in [-0.25, -0.2) is 13.1 Å². The monoisotopic (exact) mass is 275 g/mol. The van der Waals surface area contributed by atoms with E-state index in [0.717, 1.165) is 0 Å². The van der Waals surface area contributed by atoms with Gasteiger partial charge < -0.3 is 5.73 Å². The van der Waals surface area contributed by atoms with Gasteiger partial charge in [0.25, 0.3) is 0 Å². The van der Waals surface area contributed by atoms with Crippen LogP contribution in [0.15, 0.2) is 23.1 Å². The SMILES string of the molecule is Cc1cc(S(=O)(=O)NCCN)ccc1C#N.Cl. The number of nitrogens with zero attached hydrogens (tertiary/aromatic N) is 1. The standard InChI is InChI=1S/C10H13N3O2S.ClH/c1-8-6-10(3-2-9(8)7-12)16(14,15)13-5-4-11;/h2-3,6,13H,4-5,11H2,1H3;1H. The molecule has 5 nitrogen and oxygen atoms in total. The number of halogens is 1. The van der Waals surface area contributed by atoms with Crippen LogP contribution < -0.4 is 10.5 Å². The smallest absolute Gasteiger partial charge is 0.240 e. The minimum Gasteiger partial charge on any atom is -0.329 e. The van der Waals surface area contributed by atoms with Gasteiger partial charge in [-0.3, -0.25) is 0 Å². The Bertz CT molecular complexity index is 523. The Labute approximate surface area is 107 Å². The van der Waals surface area contributed by atoms with Gasteiger partial charge in [0.1, 0.15) is 0 Å². The van der Waals surface area contributed by atoms with Gasteiger partial charge in [-0.1, -0.05) is 0 Å². The number of hydrogen-bond acceptors (Lipinski definition) is 4. The van der Waals surface area contributed by atoms with Gasteiger partial charge in [-0.2, -0.15) is 5.26 Å². The molecule has 0 radical (unpaired) electrons. The zero-order valence-electron chi connectivity index (χ0n) is 9.30. The molecule has 0 amide bonds. The van der Waals surface area contributed by atoms with Crippen molar-refractivity contribution in [2.75, 3.05) is 13.1 Å². The van der Waals surface area contributed by atoms with Crippen molar-refractivity contribution < 1.29 is 8.42 Å². The largest absolute Gasteiger partial charge is 0.329 e. The number of benzene rings is 1. The van der Waals surface area contributed by atoms with Crippen LogP contribution in [0.1, 0.15) is 11.1 Å². The number of nitrogens with two attached hydrogens (primary N) is 1. The maximum absolute atomic E-state index is 11.7. The first kappa shape index (κ1) is 15.9. The van der Waals surface area contributed by atoms with Crippen molar-refractivity contribution in [2.45, 2.75) is 11.8 Å². The Morgan fingerprint density at radius 3 is 2.59 bits per heavy atom. The number of rotatable bonds is 4. The van der Waals surface area contributed by atoms with Crippen molar-refractivity contribution >= 4 is 22.4 Å². The molecule has 0 fully saturated rings. The maximum Gasteiger partial charge on any atom is 0.240 e. The fraction of sp³-hybridized carbons (Fsp3) is 0.300. The Morgan fingerprint density at radius 2 is 2.12 bits per heavy atom. The van der Waals surface area contributed by atoms with Gasteiger partial charge >= 0.3 is 0 Å². The average molecular weight is 276 g/mol. The highest BCUT2D eigenvalue weighted by Gasteiger charge is 2.13. The number of nitriles is 1. The molecule has 0 saturated heterocycles. The van der Waals surface area contributed by atoms with E-state index < -0.39 is 10.0 Å². The fourth-order valence-electron chi connectivity index (χ4n) is 1.21. The van der Waals surface area contributed by atoms with E-state index in [1.807, 2.05) is 6.07 Å².